The lowest BCUT2D eigenvalue weighted by molar-refractivity contribution is 0.494. The predicted octanol–water partition coefficient (Wildman–Crippen LogP) is 6.51. The summed E-state index contributed by atoms with van der Waals surface area (Å²) in [4.78, 5) is 10.4. The van der Waals surface area contributed by atoms with E-state index in [1.807, 2.05) is 0 Å². The highest BCUT2D eigenvalue weighted by Gasteiger charge is 2.19. The van der Waals surface area contributed by atoms with Crippen molar-refractivity contribution >= 4 is 30.2 Å². The van der Waals surface area contributed by atoms with Gasteiger partial charge in [-0.05, 0) is 99.9 Å². The van der Waals surface area contributed by atoms with Crippen LogP contribution in [0.1, 0.15) is 44.5 Å². The van der Waals surface area contributed by atoms with Crippen LogP contribution in [0.3, 0.4) is 0 Å². The summed E-state index contributed by atoms with van der Waals surface area (Å²) in [6.07, 6.45) is 0. The summed E-state index contributed by atoms with van der Waals surface area (Å²) in [5.74, 6) is 0. The molecule has 4 heteroatoms. The minimum absolute atomic E-state index is 0.758. The van der Waals surface area contributed by atoms with E-state index in [1.54, 1.807) is 0 Å². The van der Waals surface area contributed by atoms with Gasteiger partial charge in [0.1, 0.15) is 11.2 Å². The minimum atomic E-state index is -1.99. The summed E-state index contributed by atoms with van der Waals surface area (Å²) in [6.45, 7) is 16.9. The number of aryl methyl sites for hydroxylation is 4. The van der Waals surface area contributed by atoms with E-state index in [1.165, 1.54) is 33.4 Å². The van der Waals surface area contributed by atoms with Crippen LogP contribution in [0.4, 0.5) is 0 Å². The van der Waals surface area contributed by atoms with E-state index in [4.69, 9.17) is 8.39 Å². The third kappa shape index (κ3) is 2.22. The van der Waals surface area contributed by atoms with E-state index in [0.717, 1.165) is 33.1 Å². The molecule has 128 valence electrons. The fourth-order valence-electron chi connectivity index (χ4n) is 3.56. The highest BCUT2D eigenvalue weighted by molar-refractivity contribution is 7.30. The van der Waals surface area contributed by atoms with Crippen molar-refractivity contribution in [2.75, 3.05) is 0 Å². The van der Waals surface area contributed by atoms with Crippen LogP contribution in [0.2, 0.25) is 0 Å². The van der Waals surface area contributed by atoms with E-state index in [0.29, 0.717) is 0 Å². The molecule has 0 aliphatic carbocycles. The van der Waals surface area contributed by atoms with Crippen LogP contribution >= 0.6 is 8.24 Å². The maximum atomic E-state index is 10.4. The molecule has 0 fully saturated rings. The van der Waals surface area contributed by atoms with E-state index in [2.05, 4.69) is 55.4 Å². The summed E-state index contributed by atoms with van der Waals surface area (Å²) in [5.41, 5.74) is 11.0. The molecule has 0 radical (unpaired) electrons. The number of benzene rings is 2. The molecular formula is C20H25O3P. The van der Waals surface area contributed by atoms with E-state index >= 15 is 0 Å². The van der Waals surface area contributed by atoms with Crippen LogP contribution in [0, 0.1) is 55.4 Å². The molecule has 0 atom stereocenters. The van der Waals surface area contributed by atoms with Crippen molar-refractivity contribution in [2.24, 2.45) is 0 Å². The maximum absolute atomic E-state index is 10.4. The van der Waals surface area contributed by atoms with Gasteiger partial charge in [-0.2, -0.15) is 0 Å². The molecular weight excluding hydrogens is 319 g/mol. The Morgan fingerprint density at radius 3 is 1.12 bits per heavy atom. The number of rotatable bonds is 0. The van der Waals surface area contributed by atoms with Gasteiger partial charge in [0.15, 0.2) is 0 Å². The summed E-state index contributed by atoms with van der Waals surface area (Å²) >= 11 is 0. The van der Waals surface area contributed by atoms with Gasteiger partial charge in [-0.25, -0.2) is 0 Å². The second-order valence-corrected chi connectivity index (χ2v) is 7.67. The van der Waals surface area contributed by atoms with Crippen LogP contribution in [-0.2, 0) is 0 Å². The SMILES string of the molecule is Cc1c(C)c(C)c2c(op(O)oc3c(C)c(C)c(C)c(C)c32)c1C. The first kappa shape index (κ1) is 17.1. The molecule has 0 spiro atoms. The average Bonchev–Trinajstić information content (AvgIpc) is 2.71. The van der Waals surface area contributed by atoms with Gasteiger partial charge < -0.3 is 8.39 Å². The molecule has 24 heavy (non-hydrogen) atoms. The second kappa shape index (κ2) is 5.68. The van der Waals surface area contributed by atoms with Gasteiger partial charge in [-0.15, -0.1) is 0 Å². The number of hydrogen-bond acceptors (Lipinski definition) is 3. The Morgan fingerprint density at radius 1 is 0.500 bits per heavy atom. The van der Waals surface area contributed by atoms with E-state index < -0.39 is 8.24 Å². The lowest BCUT2D eigenvalue weighted by atomic mass is 9.89. The van der Waals surface area contributed by atoms with Crippen LogP contribution < -0.4 is 0 Å². The standard InChI is InChI=1S/C20H25O3P/c1-9-11(3)15(7)19-17(13(9)5)18-14(6)10(2)12(4)16(8)20(18)23-24(21)22-19/h21H,1-8H3. The van der Waals surface area contributed by atoms with Crippen LogP contribution in [0.25, 0.3) is 21.9 Å². The summed E-state index contributed by atoms with van der Waals surface area (Å²) in [7, 11) is -1.99. The summed E-state index contributed by atoms with van der Waals surface area (Å²) in [6, 6.07) is 0. The monoisotopic (exact) mass is 344 g/mol. The lowest BCUT2D eigenvalue weighted by Gasteiger charge is -2.15. The summed E-state index contributed by atoms with van der Waals surface area (Å²) < 4.78 is 11.7. The van der Waals surface area contributed by atoms with Crippen molar-refractivity contribution < 1.29 is 13.3 Å². The third-order valence-electron chi connectivity index (χ3n) is 5.85. The third-order valence-corrected chi connectivity index (χ3v) is 6.53. The van der Waals surface area contributed by atoms with Gasteiger partial charge in [-0.3, -0.25) is 4.89 Å². The molecule has 3 nitrogen and oxygen atoms in total. The Hall–Kier alpha value is -1.70. The molecule has 1 heterocycles. The number of hydrogen-bond donors (Lipinski definition) is 1. The van der Waals surface area contributed by atoms with Gasteiger partial charge in [0, 0.05) is 10.8 Å². The van der Waals surface area contributed by atoms with Crippen molar-refractivity contribution in [1.29, 1.82) is 0 Å². The Morgan fingerprint density at radius 2 is 0.792 bits per heavy atom. The molecule has 0 aliphatic heterocycles. The topological polar surface area (TPSA) is 46.5 Å². The predicted molar refractivity (Wildman–Crippen MR) is 102 cm³/mol. The zero-order chi connectivity index (χ0) is 17.9. The van der Waals surface area contributed by atoms with Crippen molar-refractivity contribution in [1.82, 2.24) is 0 Å². The zero-order valence-corrected chi connectivity index (χ0v) is 16.6. The largest absolute Gasteiger partial charge is 0.399 e. The molecule has 1 aromatic heterocycles. The van der Waals surface area contributed by atoms with Crippen molar-refractivity contribution in [3.05, 3.63) is 44.5 Å². The molecule has 3 aromatic rings. The van der Waals surface area contributed by atoms with Crippen LogP contribution in [-0.4, -0.2) is 4.89 Å². The highest BCUT2D eigenvalue weighted by Crippen LogP contribution is 2.41. The fraction of sp³-hybridized carbons (Fsp3) is 0.400. The molecule has 0 saturated carbocycles. The zero-order valence-electron chi connectivity index (χ0n) is 15.7. The van der Waals surface area contributed by atoms with Gasteiger partial charge in [-0.1, -0.05) is 0 Å². The van der Waals surface area contributed by atoms with Crippen molar-refractivity contribution in [3.63, 3.8) is 0 Å². The van der Waals surface area contributed by atoms with E-state index in [-0.39, 0.29) is 0 Å². The maximum Gasteiger partial charge on any atom is 0.384 e. The number of fused-ring (bicyclic) bond motifs is 3. The fourth-order valence-corrected chi connectivity index (χ4v) is 4.37. The minimum Gasteiger partial charge on any atom is -0.399 e. The molecule has 3 rings (SSSR count). The molecule has 2 aromatic carbocycles. The first-order valence-corrected chi connectivity index (χ1v) is 9.35. The van der Waals surface area contributed by atoms with Gasteiger partial charge >= 0.3 is 8.24 Å². The van der Waals surface area contributed by atoms with Gasteiger partial charge in [0.2, 0.25) is 0 Å². The van der Waals surface area contributed by atoms with Crippen LogP contribution in [0.5, 0.6) is 0 Å². The van der Waals surface area contributed by atoms with Crippen molar-refractivity contribution in [3.8, 4) is 0 Å². The Labute approximate surface area is 143 Å². The summed E-state index contributed by atoms with van der Waals surface area (Å²) in [5, 5.41) is 2.13. The smallest absolute Gasteiger partial charge is 0.384 e. The molecule has 0 aliphatic rings. The highest BCUT2D eigenvalue weighted by atomic mass is 31.1. The van der Waals surface area contributed by atoms with Gasteiger partial charge in [0.25, 0.3) is 0 Å². The normalized spacial score (nSPS) is 11.5. The van der Waals surface area contributed by atoms with E-state index in [9.17, 15) is 4.89 Å². The molecule has 0 saturated heterocycles. The first-order chi connectivity index (χ1) is 11.2. The Balaban J connectivity index is 2.85. The molecule has 0 unspecified atom stereocenters. The second-order valence-electron chi connectivity index (χ2n) is 6.83. The average molecular weight is 344 g/mol. The Kier molecular flexibility index (Phi) is 4.06. The molecule has 1 N–H and O–H groups in total. The van der Waals surface area contributed by atoms with Gasteiger partial charge in [0.05, 0.1) is 0 Å². The lowest BCUT2D eigenvalue weighted by Crippen LogP contribution is -1.97. The Bertz CT molecular complexity index is 961. The van der Waals surface area contributed by atoms with Crippen LogP contribution in [0.15, 0.2) is 8.39 Å². The van der Waals surface area contributed by atoms with Crippen molar-refractivity contribution in [2.45, 2.75) is 55.4 Å². The molecule has 0 bridgehead atoms. The quantitative estimate of drug-likeness (QED) is 0.505. The first-order valence-electron chi connectivity index (χ1n) is 8.22. The molecule has 0 amide bonds.